The van der Waals surface area contributed by atoms with Crippen molar-refractivity contribution >= 4 is 22.3 Å². The molecule has 26 heavy (non-hydrogen) atoms. The van der Waals surface area contributed by atoms with Gasteiger partial charge in [0.05, 0.1) is 0 Å². The van der Waals surface area contributed by atoms with Gasteiger partial charge < -0.3 is 17.7 Å². The second-order valence-corrected chi connectivity index (χ2v) is 14.8. The minimum absolute atomic E-state index is 0.0666. The molecule has 0 unspecified atom stereocenters. The van der Waals surface area contributed by atoms with E-state index in [-0.39, 0.29) is 24.4 Å². The van der Waals surface area contributed by atoms with Crippen molar-refractivity contribution in [1.82, 2.24) is 0 Å². The van der Waals surface area contributed by atoms with E-state index in [1.807, 2.05) is 6.07 Å². The Kier molecular flexibility index (Phi) is 9.19. The van der Waals surface area contributed by atoms with E-state index in [1.54, 1.807) is 0 Å². The van der Waals surface area contributed by atoms with Crippen molar-refractivity contribution in [2.75, 3.05) is 0 Å². The normalized spacial score (nSPS) is 13.4. The first-order chi connectivity index (χ1) is 12.0. The van der Waals surface area contributed by atoms with Crippen LogP contribution in [0.2, 0.25) is 12.2 Å². The minimum Gasteiger partial charge on any atom is -0.392 e. The second-order valence-electron chi connectivity index (χ2n) is 8.10. The smallest absolute Gasteiger partial charge is 0.374 e. The van der Waals surface area contributed by atoms with Crippen LogP contribution in [-0.4, -0.2) is 41.5 Å². The molecule has 0 aliphatic carbocycles. The van der Waals surface area contributed by atoms with Gasteiger partial charge >= 0.3 is 17.1 Å². The zero-order valence-electron chi connectivity index (χ0n) is 18.0. The molecule has 0 radical (unpaired) electrons. The van der Waals surface area contributed by atoms with Crippen molar-refractivity contribution in [2.24, 2.45) is 0 Å². The zero-order chi connectivity index (χ0) is 20.0. The van der Waals surface area contributed by atoms with Crippen LogP contribution in [0.1, 0.15) is 55.4 Å². The van der Waals surface area contributed by atoms with Crippen molar-refractivity contribution in [2.45, 2.75) is 92.0 Å². The Labute approximate surface area is 162 Å². The van der Waals surface area contributed by atoms with Crippen molar-refractivity contribution < 1.29 is 17.7 Å². The molecule has 0 saturated carbocycles. The fourth-order valence-corrected chi connectivity index (χ4v) is 13.5. The summed E-state index contributed by atoms with van der Waals surface area (Å²) in [6, 6.07) is 10.4. The second kappa shape index (κ2) is 10.2. The molecule has 0 spiro atoms. The predicted molar refractivity (Wildman–Crippen MR) is 113 cm³/mol. The maximum Gasteiger partial charge on any atom is 0.374 e. The highest BCUT2D eigenvalue weighted by atomic mass is 28.4. The maximum atomic E-state index is 6.59. The van der Waals surface area contributed by atoms with Gasteiger partial charge in [-0.15, -0.1) is 0 Å². The molecular formula is C20H38O4Si2. The molecule has 0 bridgehead atoms. The molecule has 0 atom stereocenters. The van der Waals surface area contributed by atoms with E-state index in [2.05, 4.69) is 86.2 Å². The van der Waals surface area contributed by atoms with Gasteiger partial charge in [0.15, 0.2) is 0 Å². The number of rotatable bonds is 11. The highest BCUT2D eigenvalue weighted by Gasteiger charge is 2.52. The Balaban J connectivity index is 3.39. The van der Waals surface area contributed by atoms with Gasteiger partial charge in [-0.05, 0) is 67.1 Å². The predicted octanol–water partition coefficient (Wildman–Crippen LogP) is 4.65. The monoisotopic (exact) mass is 398 g/mol. The van der Waals surface area contributed by atoms with E-state index in [9.17, 15) is 0 Å². The van der Waals surface area contributed by atoms with Crippen LogP contribution in [0.4, 0.5) is 0 Å². The van der Waals surface area contributed by atoms with E-state index in [4.69, 9.17) is 17.7 Å². The lowest BCUT2D eigenvalue weighted by molar-refractivity contribution is 0.0954. The minimum atomic E-state index is -2.76. The molecule has 0 amide bonds. The summed E-state index contributed by atoms with van der Waals surface area (Å²) >= 11 is 0. The van der Waals surface area contributed by atoms with E-state index < -0.39 is 17.1 Å². The van der Waals surface area contributed by atoms with Crippen LogP contribution < -0.4 is 5.19 Å². The zero-order valence-corrected chi connectivity index (χ0v) is 20.0. The molecule has 6 heteroatoms. The molecule has 0 aliphatic heterocycles. The molecule has 1 aromatic rings. The highest BCUT2D eigenvalue weighted by molar-refractivity contribution is 6.92. The van der Waals surface area contributed by atoms with Crippen molar-refractivity contribution in [3.8, 4) is 0 Å². The highest BCUT2D eigenvalue weighted by Crippen LogP contribution is 2.28. The Bertz CT molecular complexity index is 498. The number of hydrogen-bond acceptors (Lipinski definition) is 4. The fourth-order valence-electron chi connectivity index (χ4n) is 3.33. The van der Waals surface area contributed by atoms with E-state index in [1.165, 1.54) is 0 Å². The topological polar surface area (TPSA) is 36.9 Å². The lowest BCUT2D eigenvalue weighted by atomic mass is 10.4. The first kappa shape index (κ1) is 23.5. The lowest BCUT2D eigenvalue weighted by Gasteiger charge is -2.40. The molecule has 0 N–H and O–H groups in total. The van der Waals surface area contributed by atoms with E-state index in [0.29, 0.717) is 5.67 Å². The first-order valence-corrected chi connectivity index (χ1v) is 14.3. The summed E-state index contributed by atoms with van der Waals surface area (Å²) in [5.41, 5.74) is 0.705. The van der Waals surface area contributed by atoms with Gasteiger partial charge in [0, 0.05) is 30.1 Å². The van der Waals surface area contributed by atoms with Gasteiger partial charge in [0.2, 0.25) is 0 Å². The molecule has 150 valence electrons. The average molecular weight is 399 g/mol. The summed E-state index contributed by atoms with van der Waals surface area (Å²) in [7, 11) is -5.27. The van der Waals surface area contributed by atoms with Crippen LogP contribution in [0.5, 0.6) is 0 Å². The van der Waals surface area contributed by atoms with Crippen LogP contribution in [0.3, 0.4) is 0 Å². The molecule has 0 fully saturated rings. The Morgan fingerprint density at radius 3 is 1.38 bits per heavy atom. The van der Waals surface area contributed by atoms with Crippen LogP contribution in [0, 0.1) is 0 Å². The van der Waals surface area contributed by atoms with Gasteiger partial charge in [0.1, 0.15) is 0 Å². The molecule has 0 saturated heterocycles. The lowest BCUT2D eigenvalue weighted by Crippen LogP contribution is -2.63. The number of benzene rings is 1. The van der Waals surface area contributed by atoms with Gasteiger partial charge in [0.25, 0.3) is 0 Å². The summed E-state index contributed by atoms with van der Waals surface area (Å²) in [5, 5.41) is 1.14. The Hall–Kier alpha value is -0.506. The third-order valence-electron chi connectivity index (χ3n) is 3.59. The fraction of sp³-hybridized carbons (Fsp3) is 0.700. The Morgan fingerprint density at radius 1 is 0.654 bits per heavy atom. The summed E-state index contributed by atoms with van der Waals surface area (Å²) in [6.45, 7) is 18.7. The molecule has 4 nitrogen and oxygen atoms in total. The van der Waals surface area contributed by atoms with Gasteiger partial charge in [-0.25, -0.2) is 0 Å². The molecular weight excluding hydrogens is 360 g/mol. The van der Waals surface area contributed by atoms with E-state index >= 15 is 0 Å². The standard InChI is InChI=1S/C20H38O4Si2/c1-16(2)21-25(9,22-17(3)4)15-26(23-18(5)6,24-19(7)8)20-13-11-10-12-14-20/h10-14,16-19H,15H2,1-9H3. The van der Waals surface area contributed by atoms with Gasteiger partial charge in [-0.1, -0.05) is 30.3 Å². The molecule has 1 aromatic carbocycles. The quantitative estimate of drug-likeness (QED) is 0.509. The SMILES string of the molecule is CC(C)O[Si](C)(C[Si](OC(C)C)(OC(C)C)c1ccccc1)OC(C)C. The third kappa shape index (κ3) is 7.62. The molecule has 0 aromatic heterocycles. The molecule has 0 aliphatic rings. The summed E-state index contributed by atoms with van der Waals surface area (Å²) in [6.07, 6.45) is 0.339. The molecule has 1 rings (SSSR count). The van der Waals surface area contributed by atoms with Gasteiger partial charge in [-0.2, -0.15) is 0 Å². The van der Waals surface area contributed by atoms with Crippen LogP contribution in [0.15, 0.2) is 30.3 Å². The third-order valence-corrected chi connectivity index (χ3v) is 12.9. The first-order valence-electron chi connectivity index (χ1n) is 9.75. The van der Waals surface area contributed by atoms with Crippen molar-refractivity contribution in [1.29, 1.82) is 0 Å². The van der Waals surface area contributed by atoms with Crippen molar-refractivity contribution in [3.05, 3.63) is 30.3 Å². The van der Waals surface area contributed by atoms with Crippen molar-refractivity contribution in [3.63, 3.8) is 0 Å². The summed E-state index contributed by atoms with van der Waals surface area (Å²) < 4.78 is 25.9. The summed E-state index contributed by atoms with van der Waals surface area (Å²) in [5.74, 6) is 0. The van der Waals surface area contributed by atoms with E-state index in [0.717, 1.165) is 5.19 Å². The van der Waals surface area contributed by atoms with Gasteiger partial charge in [-0.3, -0.25) is 0 Å². The summed E-state index contributed by atoms with van der Waals surface area (Å²) in [4.78, 5) is 0. The molecule has 0 heterocycles. The maximum absolute atomic E-state index is 6.59. The Morgan fingerprint density at radius 2 is 1.04 bits per heavy atom. The van der Waals surface area contributed by atoms with Crippen LogP contribution in [0.25, 0.3) is 0 Å². The number of hydrogen-bond donors (Lipinski definition) is 0. The van der Waals surface area contributed by atoms with Crippen LogP contribution in [-0.2, 0) is 17.7 Å². The largest absolute Gasteiger partial charge is 0.392 e. The van der Waals surface area contributed by atoms with Crippen LogP contribution >= 0.6 is 0 Å². The average Bonchev–Trinajstić information content (AvgIpc) is 2.44.